The normalized spacial score (nSPS) is 19.7. The second-order valence-corrected chi connectivity index (χ2v) is 8.19. The molecular weight excluding hydrogens is 424 g/mol. The summed E-state index contributed by atoms with van der Waals surface area (Å²) in [4.78, 5) is 42.3. The van der Waals surface area contributed by atoms with Crippen LogP contribution in [0, 0.1) is 0 Å². The highest BCUT2D eigenvalue weighted by Crippen LogP contribution is 2.54. The van der Waals surface area contributed by atoms with Gasteiger partial charge < -0.3 is 24.8 Å². The number of esters is 2. The zero-order valence-electron chi connectivity index (χ0n) is 19.5. The van der Waals surface area contributed by atoms with Gasteiger partial charge in [0.15, 0.2) is 0 Å². The number of benzene rings is 1. The molecule has 176 valence electrons. The van der Waals surface area contributed by atoms with E-state index >= 15 is 0 Å². The Balaban J connectivity index is 2.33. The number of carbonyl (C=O) groups excluding carboxylic acids is 3. The minimum atomic E-state index is -1.86. The van der Waals surface area contributed by atoms with Gasteiger partial charge >= 0.3 is 11.9 Å². The van der Waals surface area contributed by atoms with Crippen LogP contribution >= 0.6 is 0 Å². The summed E-state index contributed by atoms with van der Waals surface area (Å²) < 4.78 is 16.6. The lowest BCUT2D eigenvalue weighted by Gasteiger charge is -2.36. The Labute approximate surface area is 193 Å². The van der Waals surface area contributed by atoms with Gasteiger partial charge in [0.05, 0.1) is 12.7 Å². The van der Waals surface area contributed by atoms with Crippen LogP contribution in [0.1, 0.15) is 46.1 Å². The van der Waals surface area contributed by atoms with Gasteiger partial charge in [-0.15, -0.1) is 6.58 Å². The maximum Gasteiger partial charge on any atom is 0.341 e. The van der Waals surface area contributed by atoms with Gasteiger partial charge in [-0.2, -0.15) is 0 Å². The molecule has 2 heterocycles. The predicted octanol–water partition coefficient (Wildman–Crippen LogP) is 3.23. The summed E-state index contributed by atoms with van der Waals surface area (Å²) in [5.41, 5.74) is 5.02. The zero-order valence-corrected chi connectivity index (χ0v) is 19.5. The quantitative estimate of drug-likeness (QED) is 0.365. The molecule has 3 rings (SSSR count). The number of rotatable bonds is 8. The van der Waals surface area contributed by atoms with E-state index in [1.807, 2.05) is 6.92 Å². The average molecular weight is 455 g/mol. The Morgan fingerprint density at radius 3 is 2.58 bits per heavy atom. The third-order valence-electron chi connectivity index (χ3n) is 5.57. The molecule has 1 spiro atoms. The summed E-state index contributed by atoms with van der Waals surface area (Å²) in [6, 6.07) is 6.95. The third-order valence-corrected chi connectivity index (χ3v) is 5.57. The lowest BCUT2D eigenvalue weighted by Crippen LogP contribution is -2.51. The van der Waals surface area contributed by atoms with Gasteiger partial charge in [0, 0.05) is 17.8 Å². The molecule has 8 nitrogen and oxygen atoms in total. The third kappa shape index (κ3) is 3.90. The van der Waals surface area contributed by atoms with Crippen LogP contribution < -0.4 is 10.6 Å². The molecule has 1 aromatic rings. The molecule has 8 heteroatoms. The van der Waals surface area contributed by atoms with Crippen molar-refractivity contribution in [2.24, 2.45) is 5.73 Å². The largest absolute Gasteiger partial charge is 0.462 e. The van der Waals surface area contributed by atoms with Crippen LogP contribution in [0.4, 0.5) is 5.69 Å². The van der Waals surface area contributed by atoms with Gasteiger partial charge in [-0.25, -0.2) is 9.59 Å². The fourth-order valence-electron chi connectivity index (χ4n) is 4.29. The second-order valence-electron chi connectivity index (χ2n) is 8.19. The van der Waals surface area contributed by atoms with Gasteiger partial charge in [-0.3, -0.25) is 4.79 Å². The minimum absolute atomic E-state index is 0.0862. The van der Waals surface area contributed by atoms with E-state index in [0.717, 1.165) is 6.42 Å². The number of para-hydroxylation sites is 1. The minimum Gasteiger partial charge on any atom is -0.462 e. The van der Waals surface area contributed by atoms with Crippen molar-refractivity contribution in [3.8, 4) is 0 Å². The van der Waals surface area contributed by atoms with Crippen LogP contribution in [0.2, 0.25) is 0 Å². The number of allylic oxidation sites excluding steroid dienone is 1. The van der Waals surface area contributed by atoms with Gasteiger partial charge in [-0.05, 0) is 33.3 Å². The van der Waals surface area contributed by atoms with E-state index < -0.39 is 29.4 Å². The number of anilines is 1. The standard InChI is InChI=1S/C25H30N2O6/c1-6-8-14-31-22(28)20-21(26)33-16(5)19(23(29)32-15(3)4)25(20)17-11-9-10-12-18(17)27(13-7-2)24(25)30/h7,9-12,15H,2,6,8,13-14,26H2,1,3-5H3/t25-/m0/s1. The Kier molecular flexibility index (Phi) is 6.95. The van der Waals surface area contributed by atoms with Crippen molar-refractivity contribution >= 4 is 23.5 Å². The number of nitrogens with zero attached hydrogens (tertiary/aromatic N) is 1. The van der Waals surface area contributed by atoms with Crippen LogP contribution in [0.25, 0.3) is 0 Å². The molecule has 1 amide bonds. The van der Waals surface area contributed by atoms with E-state index in [4.69, 9.17) is 19.9 Å². The van der Waals surface area contributed by atoms with Crippen molar-refractivity contribution in [1.82, 2.24) is 0 Å². The monoisotopic (exact) mass is 454 g/mol. The number of nitrogens with two attached hydrogens (primary N) is 1. The number of unbranched alkanes of at least 4 members (excludes halogenated alkanes) is 1. The molecule has 0 radical (unpaired) electrons. The highest BCUT2D eigenvalue weighted by Gasteiger charge is 2.63. The second kappa shape index (κ2) is 9.52. The maximum atomic E-state index is 14.1. The molecule has 0 aliphatic carbocycles. The topological polar surface area (TPSA) is 108 Å². The molecular formula is C25H30N2O6. The summed E-state index contributed by atoms with van der Waals surface area (Å²) in [5, 5.41) is 0. The molecule has 0 bridgehead atoms. The molecule has 2 aliphatic heterocycles. The number of fused-ring (bicyclic) bond motifs is 2. The summed E-state index contributed by atoms with van der Waals surface area (Å²) in [6.45, 7) is 10.9. The highest BCUT2D eigenvalue weighted by atomic mass is 16.6. The number of hydrogen-bond acceptors (Lipinski definition) is 7. The molecule has 1 aromatic carbocycles. The van der Waals surface area contributed by atoms with Crippen molar-refractivity contribution in [2.45, 2.75) is 52.1 Å². The molecule has 0 unspecified atom stereocenters. The fourth-order valence-corrected chi connectivity index (χ4v) is 4.29. The molecule has 0 saturated carbocycles. The number of hydrogen-bond donors (Lipinski definition) is 1. The van der Waals surface area contributed by atoms with Crippen molar-refractivity contribution in [2.75, 3.05) is 18.1 Å². The molecule has 33 heavy (non-hydrogen) atoms. The van der Waals surface area contributed by atoms with Gasteiger partial charge in [-0.1, -0.05) is 37.6 Å². The fraction of sp³-hybridized carbons (Fsp3) is 0.400. The molecule has 2 N–H and O–H groups in total. The SMILES string of the molecule is C=CCN1C(=O)[C@]2(C(C(=O)OC(C)C)=C(C)OC(N)=C2C(=O)OCCCC)c2ccccc21. The Morgan fingerprint density at radius 2 is 1.94 bits per heavy atom. The molecule has 2 aliphatic rings. The summed E-state index contributed by atoms with van der Waals surface area (Å²) in [6.07, 6.45) is 2.55. The van der Waals surface area contributed by atoms with Crippen LogP contribution in [0.5, 0.6) is 0 Å². The van der Waals surface area contributed by atoms with Gasteiger partial charge in [0.25, 0.3) is 0 Å². The lowest BCUT2D eigenvalue weighted by molar-refractivity contribution is -0.146. The van der Waals surface area contributed by atoms with Crippen molar-refractivity contribution in [1.29, 1.82) is 0 Å². The summed E-state index contributed by atoms with van der Waals surface area (Å²) in [5.74, 6) is -2.29. The van der Waals surface area contributed by atoms with E-state index in [-0.39, 0.29) is 35.9 Å². The molecule has 0 fully saturated rings. The molecule has 1 atom stereocenters. The maximum absolute atomic E-state index is 14.1. The summed E-state index contributed by atoms with van der Waals surface area (Å²) in [7, 11) is 0. The van der Waals surface area contributed by atoms with Crippen molar-refractivity contribution in [3.05, 3.63) is 65.3 Å². The van der Waals surface area contributed by atoms with Gasteiger partial charge in [0.2, 0.25) is 11.8 Å². The first-order valence-corrected chi connectivity index (χ1v) is 11.0. The first kappa shape index (κ1) is 24.1. The van der Waals surface area contributed by atoms with E-state index in [9.17, 15) is 14.4 Å². The first-order chi connectivity index (χ1) is 15.7. The average Bonchev–Trinajstić information content (AvgIpc) is 2.97. The highest BCUT2D eigenvalue weighted by molar-refractivity contribution is 6.22. The zero-order chi connectivity index (χ0) is 24.3. The summed E-state index contributed by atoms with van der Waals surface area (Å²) >= 11 is 0. The smallest absolute Gasteiger partial charge is 0.341 e. The Bertz CT molecular complexity index is 1050. The van der Waals surface area contributed by atoms with Crippen LogP contribution in [0.15, 0.2) is 59.7 Å². The van der Waals surface area contributed by atoms with Crippen molar-refractivity contribution in [3.63, 3.8) is 0 Å². The molecule has 0 saturated heterocycles. The van der Waals surface area contributed by atoms with E-state index in [1.165, 1.54) is 11.8 Å². The van der Waals surface area contributed by atoms with E-state index in [2.05, 4.69) is 6.58 Å². The van der Waals surface area contributed by atoms with Crippen molar-refractivity contribution < 1.29 is 28.6 Å². The Morgan fingerprint density at radius 1 is 1.24 bits per heavy atom. The number of carbonyl (C=O) groups is 3. The number of amides is 1. The molecule has 0 aromatic heterocycles. The van der Waals surface area contributed by atoms with Gasteiger partial charge in [0.1, 0.15) is 22.3 Å². The Hall–Kier alpha value is -3.55. The van der Waals surface area contributed by atoms with Crippen LogP contribution in [-0.4, -0.2) is 37.1 Å². The first-order valence-electron chi connectivity index (χ1n) is 11.0. The lowest BCUT2D eigenvalue weighted by atomic mass is 9.67. The number of ether oxygens (including phenoxy) is 3. The van der Waals surface area contributed by atoms with Crippen LogP contribution in [-0.2, 0) is 34.0 Å². The predicted molar refractivity (Wildman–Crippen MR) is 123 cm³/mol. The van der Waals surface area contributed by atoms with E-state index in [0.29, 0.717) is 17.7 Å². The van der Waals surface area contributed by atoms with E-state index in [1.54, 1.807) is 44.2 Å². The van der Waals surface area contributed by atoms with Crippen LogP contribution in [0.3, 0.4) is 0 Å².